The van der Waals surface area contributed by atoms with Crippen molar-refractivity contribution in [3.8, 4) is 63.1 Å². The Morgan fingerprint density at radius 1 is 0.471 bits per heavy atom. The Hall–Kier alpha value is -7.41. The van der Waals surface area contributed by atoms with Gasteiger partial charge in [0.2, 0.25) is 0 Å². The maximum Gasteiger partial charge on any atom is 0.194 e. The van der Waals surface area contributed by atoms with Crippen LogP contribution in [-0.4, -0.2) is 15.0 Å². The molecule has 0 aliphatic carbocycles. The number of rotatable bonds is 4. The first-order valence-electron chi connectivity index (χ1n) is 15.6. The van der Waals surface area contributed by atoms with Gasteiger partial charge < -0.3 is 0 Å². The highest BCUT2D eigenvalue weighted by molar-refractivity contribution is 6.23. The fourth-order valence-corrected chi connectivity index (χ4v) is 6.41. The van der Waals surface area contributed by atoms with Gasteiger partial charge in [0.1, 0.15) is 0 Å². The number of hydrogen-bond donors (Lipinski definition) is 0. The zero-order chi connectivity index (χ0) is 35.2. The van der Waals surface area contributed by atoms with E-state index in [1.807, 2.05) is 24.3 Å². The van der Waals surface area contributed by atoms with E-state index in [0.29, 0.717) is 83.2 Å². The van der Waals surface area contributed by atoms with E-state index in [0.717, 1.165) is 12.1 Å². The molecule has 0 aliphatic heterocycles. The van der Waals surface area contributed by atoms with Gasteiger partial charge in [0.05, 0.1) is 68.5 Å². The van der Waals surface area contributed by atoms with Gasteiger partial charge in [0.15, 0.2) is 17.5 Å². The maximum atomic E-state index is 14.5. The second-order valence-electron chi connectivity index (χ2n) is 11.7. The molecular formula is C42H19F3N6. The van der Waals surface area contributed by atoms with Crippen molar-refractivity contribution in [3.63, 3.8) is 0 Å². The molecule has 0 amide bonds. The third-order valence-corrected chi connectivity index (χ3v) is 8.77. The van der Waals surface area contributed by atoms with Gasteiger partial charge in [-0.3, -0.25) is 0 Å². The predicted molar refractivity (Wildman–Crippen MR) is 188 cm³/mol. The number of nitriles is 3. The van der Waals surface area contributed by atoms with Crippen molar-refractivity contribution in [1.82, 2.24) is 15.0 Å². The molecule has 8 aromatic rings. The minimum Gasteiger partial charge on any atom is -0.247 e. The lowest BCUT2D eigenvalue weighted by atomic mass is 9.91. The molecule has 0 fully saturated rings. The van der Waals surface area contributed by atoms with Crippen molar-refractivity contribution in [2.24, 2.45) is 0 Å². The number of para-hydroxylation sites is 1. The molecule has 8 rings (SSSR count). The molecule has 0 aliphatic rings. The molecule has 0 bridgehead atoms. The first-order valence-corrected chi connectivity index (χ1v) is 15.6. The Bertz CT molecular complexity index is 2840. The number of pyridine rings is 1. The number of aromatic nitrogens is 3. The van der Waals surface area contributed by atoms with Gasteiger partial charge in [-0.2, -0.15) is 15.8 Å². The SMILES string of the molecule is N#Cc1ccc(-c2nc3cc(C#N)c4c(-c5ccccc5-c5cc(F)c(F)c(F)c5)nc5ccccc5c4c3nc2-c2ccc(C#N)cc2)cc1. The average Bonchev–Trinajstić information content (AvgIpc) is 3.18. The Morgan fingerprint density at radius 3 is 1.63 bits per heavy atom. The van der Waals surface area contributed by atoms with Crippen LogP contribution in [0.4, 0.5) is 13.2 Å². The van der Waals surface area contributed by atoms with Crippen LogP contribution in [-0.2, 0) is 0 Å². The van der Waals surface area contributed by atoms with E-state index in [4.69, 9.17) is 15.0 Å². The number of benzene rings is 6. The van der Waals surface area contributed by atoms with Crippen molar-refractivity contribution in [1.29, 1.82) is 15.8 Å². The van der Waals surface area contributed by atoms with Crippen LogP contribution in [0.3, 0.4) is 0 Å². The van der Waals surface area contributed by atoms with E-state index < -0.39 is 17.5 Å². The molecule has 0 unspecified atom stereocenters. The molecule has 0 saturated carbocycles. The first-order chi connectivity index (χ1) is 24.9. The normalized spacial score (nSPS) is 11.0. The molecule has 0 N–H and O–H groups in total. The maximum absolute atomic E-state index is 14.5. The van der Waals surface area contributed by atoms with Crippen molar-refractivity contribution in [2.75, 3.05) is 0 Å². The van der Waals surface area contributed by atoms with Gasteiger partial charge in [-0.05, 0) is 59.7 Å². The standard InChI is InChI=1S/C42H19F3N6/c43-32-17-27(18-33(44)38(32)45)29-5-1-2-6-30(29)41-36-28(22-48)19-35-42(37(36)31-7-3-4-8-34(31)49-41)51-40(26-15-11-24(21-47)12-16-26)39(50-35)25-13-9-23(20-46)10-14-25/h1-19H. The summed E-state index contributed by atoms with van der Waals surface area (Å²) < 4.78 is 43.0. The summed E-state index contributed by atoms with van der Waals surface area (Å²) in [5, 5.41) is 31.2. The molecule has 238 valence electrons. The largest absolute Gasteiger partial charge is 0.247 e. The van der Waals surface area contributed by atoms with E-state index >= 15 is 0 Å². The second kappa shape index (κ2) is 12.2. The summed E-state index contributed by atoms with van der Waals surface area (Å²) in [6.07, 6.45) is 0. The number of nitrogens with zero attached hydrogens (tertiary/aromatic N) is 6. The van der Waals surface area contributed by atoms with E-state index in [1.165, 1.54) is 0 Å². The average molecular weight is 665 g/mol. The molecule has 6 aromatic carbocycles. The quantitative estimate of drug-likeness (QED) is 0.137. The molecule has 0 spiro atoms. The number of halogens is 3. The molecule has 6 nitrogen and oxygen atoms in total. The summed E-state index contributed by atoms with van der Waals surface area (Å²) in [5.74, 6) is -4.23. The van der Waals surface area contributed by atoms with E-state index in [2.05, 4.69) is 18.2 Å². The molecule has 0 radical (unpaired) electrons. The number of hydrogen-bond acceptors (Lipinski definition) is 6. The van der Waals surface area contributed by atoms with Crippen LogP contribution < -0.4 is 0 Å². The lowest BCUT2D eigenvalue weighted by Gasteiger charge is -2.17. The van der Waals surface area contributed by atoms with Crippen LogP contribution in [0.5, 0.6) is 0 Å². The summed E-state index contributed by atoms with van der Waals surface area (Å²) in [6.45, 7) is 0. The third kappa shape index (κ3) is 5.16. The molecule has 0 saturated heterocycles. The Morgan fingerprint density at radius 2 is 1.02 bits per heavy atom. The van der Waals surface area contributed by atoms with Crippen LogP contribution in [0, 0.1) is 51.4 Å². The van der Waals surface area contributed by atoms with E-state index in [-0.39, 0.29) is 11.1 Å². The zero-order valence-electron chi connectivity index (χ0n) is 26.3. The van der Waals surface area contributed by atoms with Gasteiger partial charge in [0.25, 0.3) is 0 Å². The van der Waals surface area contributed by atoms with Gasteiger partial charge in [-0.25, -0.2) is 28.1 Å². The second-order valence-corrected chi connectivity index (χ2v) is 11.7. The third-order valence-electron chi connectivity index (χ3n) is 8.77. The highest BCUT2D eigenvalue weighted by Gasteiger charge is 2.23. The van der Waals surface area contributed by atoms with Crippen molar-refractivity contribution >= 4 is 32.7 Å². The molecule has 51 heavy (non-hydrogen) atoms. The van der Waals surface area contributed by atoms with Crippen LogP contribution in [0.1, 0.15) is 16.7 Å². The minimum atomic E-state index is -1.57. The van der Waals surface area contributed by atoms with E-state index in [9.17, 15) is 29.0 Å². The Labute approximate surface area is 288 Å². The van der Waals surface area contributed by atoms with Gasteiger partial charge in [-0.15, -0.1) is 0 Å². The summed E-state index contributed by atoms with van der Waals surface area (Å²) in [5.41, 5.74) is 6.33. The molecular weight excluding hydrogens is 645 g/mol. The minimum absolute atomic E-state index is 0.0966. The van der Waals surface area contributed by atoms with E-state index in [1.54, 1.807) is 78.9 Å². The number of fused-ring (bicyclic) bond motifs is 5. The summed E-state index contributed by atoms with van der Waals surface area (Å²) in [6, 6.07) is 38.2. The molecule has 0 atom stereocenters. The monoisotopic (exact) mass is 664 g/mol. The van der Waals surface area contributed by atoms with Crippen LogP contribution in [0.25, 0.3) is 77.6 Å². The Kier molecular flexibility index (Phi) is 7.41. The Balaban J connectivity index is 1.51. The van der Waals surface area contributed by atoms with Gasteiger partial charge >= 0.3 is 0 Å². The van der Waals surface area contributed by atoms with Crippen LogP contribution in [0.2, 0.25) is 0 Å². The summed E-state index contributed by atoms with van der Waals surface area (Å²) in [7, 11) is 0. The van der Waals surface area contributed by atoms with Gasteiger partial charge in [-0.1, -0.05) is 66.7 Å². The van der Waals surface area contributed by atoms with Crippen molar-refractivity contribution in [3.05, 3.63) is 149 Å². The predicted octanol–water partition coefficient (Wildman–Crippen LogP) is 10.0. The topological polar surface area (TPSA) is 110 Å². The smallest absolute Gasteiger partial charge is 0.194 e. The lowest BCUT2D eigenvalue weighted by molar-refractivity contribution is 0.448. The summed E-state index contributed by atoms with van der Waals surface area (Å²) >= 11 is 0. The lowest BCUT2D eigenvalue weighted by Crippen LogP contribution is -2.00. The molecule has 2 heterocycles. The van der Waals surface area contributed by atoms with Crippen LogP contribution >= 0.6 is 0 Å². The zero-order valence-corrected chi connectivity index (χ0v) is 26.3. The molecule has 2 aromatic heterocycles. The fraction of sp³-hybridized carbons (Fsp3) is 0. The fourth-order valence-electron chi connectivity index (χ4n) is 6.41. The highest BCUT2D eigenvalue weighted by atomic mass is 19.2. The molecule has 9 heteroatoms. The first kappa shape index (κ1) is 30.9. The van der Waals surface area contributed by atoms with Crippen molar-refractivity contribution in [2.45, 2.75) is 0 Å². The van der Waals surface area contributed by atoms with Crippen LogP contribution in [0.15, 0.2) is 115 Å². The van der Waals surface area contributed by atoms with Gasteiger partial charge in [0, 0.05) is 32.8 Å². The summed E-state index contributed by atoms with van der Waals surface area (Å²) in [4.78, 5) is 15.3. The van der Waals surface area contributed by atoms with Crippen molar-refractivity contribution < 1.29 is 13.2 Å². The highest BCUT2D eigenvalue weighted by Crippen LogP contribution is 2.43.